The molecule has 3 rings (SSSR count). The van der Waals surface area contributed by atoms with Crippen molar-refractivity contribution in [3.8, 4) is 0 Å². The molecule has 0 atom stereocenters. The summed E-state index contributed by atoms with van der Waals surface area (Å²) in [6, 6.07) is 0. The molecule has 0 N–H and O–H groups in total. The molecule has 1 fully saturated rings. The number of nitrogens with zero attached hydrogens (tertiary/aromatic N) is 5. The third kappa shape index (κ3) is 5.65. The van der Waals surface area contributed by atoms with Gasteiger partial charge in [-0.15, -0.1) is 0 Å². The first-order valence-corrected chi connectivity index (χ1v) is 10.2. The molecule has 27 heavy (non-hydrogen) atoms. The fraction of sp³-hybridized carbons (Fsp3) is 0.632. The van der Waals surface area contributed by atoms with E-state index in [0.29, 0.717) is 19.5 Å². The van der Waals surface area contributed by atoms with Gasteiger partial charge in [-0.2, -0.15) is 5.10 Å². The van der Waals surface area contributed by atoms with Crippen molar-refractivity contribution >= 4 is 21.8 Å². The van der Waals surface area contributed by atoms with Crippen molar-refractivity contribution in [3.63, 3.8) is 0 Å². The van der Waals surface area contributed by atoms with E-state index in [-0.39, 0.29) is 11.3 Å². The van der Waals surface area contributed by atoms with E-state index in [1.54, 1.807) is 10.9 Å². The topological polar surface area (TPSA) is 67.4 Å². The molecule has 0 spiro atoms. The van der Waals surface area contributed by atoms with Gasteiger partial charge in [0.2, 0.25) is 11.8 Å². The second kappa shape index (κ2) is 8.56. The van der Waals surface area contributed by atoms with Crippen LogP contribution in [0.3, 0.4) is 0 Å². The summed E-state index contributed by atoms with van der Waals surface area (Å²) in [5, 5.41) is 4.20. The Morgan fingerprint density at radius 1 is 1.22 bits per heavy atom. The lowest BCUT2D eigenvalue weighted by atomic mass is 9.94. The molecule has 0 aromatic carbocycles. The number of hydrogen-bond donors (Lipinski definition) is 0. The van der Waals surface area contributed by atoms with E-state index >= 15 is 0 Å². The van der Waals surface area contributed by atoms with Gasteiger partial charge < -0.3 is 9.32 Å². The summed E-state index contributed by atoms with van der Waals surface area (Å²) in [5.41, 5.74) is -0.0303. The Kier molecular flexibility index (Phi) is 6.37. The van der Waals surface area contributed by atoms with E-state index in [4.69, 9.17) is 4.42 Å². The monoisotopic (exact) mass is 437 g/mol. The molecule has 0 bridgehead atoms. The van der Waals surface area contributed by atoms with Crippen LogP contribution in [0.1, 0.15) is 45.3 Å². The Labute approximate surface area is 168 Å². The Hall–Kier alpha value is -1.67. The summed E-state index contributed by atoms with van der Waals surface area (Å²) in [6.07, 6.45) is 6.90. The zero-order valence-corrected chi connectivity index (χ0v) is 17.9. The Morgan fingerprint density at radius 2 is 2.04 bits per heavy atom. The van der Waals surface area contributed by atoms with Gasteiger partial charge >= 0.3 is 0 Å². The van der Waals surface area contributed by atoms with Crippen molar-refractivity contribution < 1.29 is 9.21 Å². The van der Waals surface area contributed by atoms with Gasteiger partial charge in [0, 0.05) is 50.8 Å². The highest BCUT2D eigenvalue weighted by Gasteiger charge is 2.22. The predicted molar refractivity (Wildman–Crippen MR) is 106 cm³/mol. The molecule has 1 saturated heterocycles. The molecule has 7 nitrogen and oxygen atoms in total. The van der Waals surface area contributed by atoms with Crippen LogP contribution in [0.15, 0.2) is 27.5 Å². The van der Waals surface area contributed by atoms with Crippen LogP contribution in [0.5, 0.6) is 0 Å². The van der Waals surface area contributed by atoms with Crippen LogP contribution >= 0.6 is 15.9 Å². The van der Waals surface area contributed by atoms with Gasteiger partial charge in [-0.1, -0.05) is 20.8 Å². The lowest BCUT2D eigenvalue weighted by Crippen LogP contribution is -2.35. The maximum absolute atomic E-state index is 12.5. The average Bonchev–Trinajstić information content (AvgIpc) is 3.17. The third-order valence-corrected chi connectivity index (χ3v) is 5.16. The zero-order valence-electron chi connectivity index (χ0n) is 16.3. The summed E-state index contributed by atoms with van der Waals surface area (Å²) in [7, 11) is 0. The number of amides is 1. The van der Waals surface area contributed by atoms with Gasteiger partial charge in [-0.05, 0) is 22.4 Å². The maximum atomic E-state index is 12.5. The molecule has 0 unspecified atom stereocenters. The first kappa shape index (κ1) is 20.1. The molecule has 0 radical (unpaired) electrons. The average molecular weight is 438 g/mol. The van der Waals surface area contributed by atoms with Crippen LogP contribution in [-0.2, 0) is 23.3 Å². The van der Waals surface area contributed by atoms with Crippen molar-refractivity contribution in [1.29, 1.82) is 0 Å². The minimum atomic E-state index is -0.0303. The van der Waals surface area contributed by atoms with Gasteiger partial charge in [-0.3, -0.25) is 14.4 Å². The standard InChI is InChI=1S/C19H28BrN5O2/c1-19(2,3)16-12-21-17(27-16)14-23-6-4-7-24(10-9-23)18(26)5-8-25-13-15(20)11-22-25/h11-13H,4-10,14H2,1-3H3. The first-order chi connectivity index (χ1) is 12.8. The fourth-order valence-electron chi connectivity index (χ4n) is 3.13. The lowest BCUT2D eigenvalue weighted by molar-refractivity contribution is -0.131. The molecule has 2 aromatic heterocycles. The van der Waals surface area contributed by atoms with Gasteiger partial charge in [-0.25, -0.2) is 4.98 Å². The van der Waals surface area contributed by atoms with Crippen LogP contribution in [-0.4, -0.2) is 56.7 Å². The number of aromatic nitrogens is 3. The smallest absolute Gasteiger partial charge is 0.224 e. The van der Waals surface area contributed by atoms with Crippen molar-refractivity contribution in [2.24, 2.45) is 0 Å². The lowest BCUT2D eigenvalue weighted by Gasteiger charge is -2.21. The van der Waals surface area contributed by atoms with E-state index in [1.165, 1.54) is 0 Å². The third-order valence-electron chi connectivity index (χ3n) is 4.75. The quantitative estimate of drug-likeness (QED) is 0.718. The van der Waals surface area contributed by atoms with Crippen molar-refractivity contribution in [2.45, 2.75) is 52.1 Å². The predicted octanol–water partition coefficient (Wildman–Crippen LogP) is 3.06. The number of carbonyl (C=O) groups is 1. The number of hydrogen-bond acceptors (Lipinski definition) is 5. The summed E-state index contributed by atoms with van der Waals surface area (Å²) >= 11 is 3.38. The number of halogens is 1. The minimum absolute atomic E-state index is 0.0303. The summed E-state index contributed by atoms with van der Waals surface area (Å²) < 4.78 is 8.63. The highest BCUT2D eigenvalue weighted by molar-refractivity contribution is 9.10. The van der Waals surface area contributed by atoms with E-state index < -0.39 is 0 Å². The van der Waals surface area contributed by atoms with Crippen LogP contribution in [0, 0.1) is 0 Å². The number of aryl methyl sites for hydroxylation is 1. The fourth-order valence-corrected chi connectivity index (χ4v) is 3.46. The van der Waals surface area contributed by atoms with Gasteiger partial charge in [0.1, 0.15) is 5.76 Å². The molecule has 0 aliphatic carbocycles. The molecule has 2 aromatic rings. The molecule has 8 heteroatoms. The second-order valence-electron chi connectivity index (χ2n) is 8.05. The number of rotatable bonds is 5. The maximum Gasteiger partial charge on any atom is 0.224 e. The van der Waals surface area contributed by atoms with Crippen LogP contribution < -0.4 is 0 Å². The minimum Gasteiger partial charge on any atom is -0.444 e. The SMILES string of the molecule is CC(C)(C)c1cnc(CN2CCCN(C(=O)CCn3cc(Br)cn3)CC2)o1. The van der Waals surface area contributed by atoms with Crippen LogP contribution in [0.4, 0.5) is 0 Å². The van der Waals surface area contributed by atoms with E-state index in [0.717, 1.165) is 48.7 Å². The highest BCUT2D eigenvalue weighted by Crippen LogP contribution is 2.23. The van der Waals surface area contributed by atoms with Gasteiger partial charge in [0.05, 0.1) is 23.4 Å². The molecular weight excluding hydrogens is 410 g/mol. The highest BCUT2D eigenvalue weighted by atomic mass is 79.9. The molecule has 1 aliphatic rings. The summed E-state index contributed by atoms with van der Waals surface area (Å²) in [4.78, 5) is 21.2. The first-order valence-electron chi connectivity index (χ1n) is 9.44. The Bertz CT molecular complexity index is 764. The largest absolute Gasteiger partial charge is 0.444 e. The van der Waals surface area contributed by atoms with Gasteiger partial charge in [0.25, 0.3) is 0 Å². The number of carbonyl (C=O) groups excluding carboxylic acids is 1. The Morgan fingerprint density at radius 3 is 2.70 bits per heavy atom. The normalized spacial score (nSPS) is 16.5. The summed E-state index contributed by atoms with van der Waals surface area (Å²) in [5.74, 6) is 1.85. The zero-order chi connectivity index (χ0) is 19.4. The van der Waals surface area contributed by atoms with Crippen molar-refractivity contribution in [1.82, 2.24) is 24.6 Å². The molecule has 148 valence electrons. The molecule has 1 aliphatic heterocycles. The van der Waals surface area contributed by atoms with Crippen molar-refractivity contribution in [3.05, 3.63) is 34.7 Å². The van der Waals surface area contributed by atoms with E-state index in [2.05, 4.69) is 51.7 Å². The second-order valence-corrected chi connectivity index (χ2v) is 8.97. The van der Waals surface area contributed by atoms with E-state index in [9.17, 15) is 4.79 Å². The van der Waals surface area contributed by atoms with Crippen molar-refractivity contribution in [2.75, 3.05) is 26.2 Å². The van der Waals surface area contributed by atoms with Crippen LogP contribution in [0.2, 0.25) is 0 Å². The Balaban J connectivity index is 1.48. The van der Waals surface area contributed by atoms with Crippen LogP contribution in [0.25, 0.3) is 0 Å². The molecule has 3 heterocycles. The number of oxazole rings is 1. The van der Waals surface area contributed by atoms with Gasteiger partial charge in [0.15, 0.2) is 0 Å². The molecular formula is C19H28BrN5O2. The van der Waals surface area contributed by atoms with E-state index in [1.807, 2.05) is 17.3 Å². The summed E-state index contributed by atoms with van der Waals surface area (Å²) in [6.45, 7) is 11.0. The molecule has 1 amide bonds. The molecule has 0 saturated carbocycles.